The summed E-state index contributed by atoms with van der Waals surface area (Å²) in [6.45, 7) is 0.963. The molecule has 3 aromatic heterocycles. The third kappa shape index (κ3) is 4.01. The molecule has 3 heterocycles. The van der Waals surface area contributed by atoms with Gasteiger partial charge in [0.15, 0.2) is 5.82 Å². The Kier molecular flexibility index (Phi) is 5.00. The maximum atomic E-state index is 12.3. The Hall–Kier alpha value is -4.08. The van der Waals surface area contributed by atoms with Crippen molar-refractivity contribution in [3.05, 3.63) is 72.8 Å². The summed E-state index contributed by atoms with van der Waals surface area (Å²) in [6, 6.07) is 14.6. The molecule has 2 N–H and O–H groups in total. The maximum Gasteiger partial charge on any atom is 0.251 e. The van der Waals surface area contributed by atoms with Crippen LogP contribution >= 0.6 is 0 Å². The van der Waals surface area contributed by atoms with Crippen LogP contribution in [0.2, 0.25) is 0 Å². The van der Waals surface area contributed by atoms with Crippen LogP contribution in [0.25, 0.3) is 11.5 Å². The predicted octanol–water partition coefficient (Wildman–Crippen LogP) is 1.08. The van der Waals surface area contributed by atoms with Gasteiger partial charge in [-0.3, -0.25) is 4.79 Å². The molecule has 0 spiro atoms. The topological polar surface area (TPSA) is 115 Å². The first-order valence-corrected chi connectivity index (χ1v) is 8.62. The largest absolute Gasteiger partial charge is 0.367 e. The van der Waals surface area contributed by atoms with E-state index in [0.29, 0.717) is 30.2 Å². The molecular formula is C18H17N9O. The minimum atomic E-state index is -0.175. The van der Waals surface area contributed by atoms with E-state index in [1.165, 1.54) is 11.0 Å². The highest BCUT2D eigenvalue weighted by atomic mass is 16.1. The Labute approximate surface area is 160 Å². The Morgan fingerprint density at radius 2 is 1.89 bits per heavy atom. The van der Waals surface area contributed by atoms with Crippen LogP contribution in [0.4, 0.5) is 5.82 Å². The van der Waals surface area contributed by atoms with E-state index in [1.54, 1.807) is 18.2 Å². The van der Waals surface area contributed by atoms with Gasteiger partial charge in [0.2, 0.25) is 0 Å². The summed E-state index contributed by atoms with van der Waals surface area (Å²) in [7, 11) is 0. The maximum absolute atomic E-state index is 12.3. The molecular weight excluding hydrogens is 358 g/mol. The van der Waals surface area contributed by atoms with Crippen LogP contribution < -0.4 is 10.6 Å². The zero-order valence-electron chi connectivity index (χ0n) is 14.8. The average Bonchev–Trinajstić information content (AvgIpc) is 3.46. The Balaban J connectivity index is 1.27. The van der Waals surface area contributed by atoms with Crippen molar-refractivity contribution in [3.63, 3.8) is 0 Å². The van der Waals surface area contributed by atoms with Crippen molar-refractivity contribution < 1.29 is 4.79 Å². The smallest absolute Gasteiger partial charge is 0.251 e. The number of carbonyl (C=O) groups is 1. The summed E-state index contributed by atoms with van der Waals surface area (Å²) in [5.41, 5.74) is 1.25. The molecule has 1 amide bonds. The SMILES string of the molecule is O=C(NCCNc1ccc(-n2cccc2)nn1)c1cccc(-n2cnnn2)c1. The highest BCUT2D eigenvalue weighted by Crippen LogP contribution is 2.09. The summed E-state index contributed by atoms with van der Waals surface area (Å²) >= 11 is 0. The first-order chi connectivity index (χ1) is 13.8. The molecule has 0 aliphatic rings. The number of anilines is 1. The van der Waals surface area contributed by atoms with Gasteiger partial charge in [-0.05, 0) is 52.9 Å². The van der Waals surface area contributed by atoms with E-state index in [-0.39, 0.29) is 5.91 Å². The van der Waals surface area contributed by atoms with Gasteiger partial charge in [0, 0.05) is 31.0 Å². The molecule has 4 aromatic rings. The number of benzene rings is 1. The van der Waals surface area contributed by atoms with Crippen molar-refractivity contribution in [3.8, 4) is 11.5 Å². The van der Waals surface area contributed by atoms with Crippen LogP contribution in [0.5, 0.6) is 0 Å². The Morgan fingerprint density at radius 3 is 2.64 bits per heavy atom. The predicted molar refractivity (Wildman–Crippen MR) is 101 cm³/mol. The number of amides is 1. The highest BCUT2D eigenvalue weighted by molar-refractivity contribution is 5.94. The summed E-state index contributed by atoms with van der Waals surface area (Å²) in [4.78, 5) is 12.3. The van der Waals surface area contributed by atoms with Crippen molar-refractivity contribution in [2.45, 2.75) is 0 Å². The van der Waals surface area contributed by atoms with Crippen molar-refractivity contribution in [2.24, 2.45) is 0 Å². The highest BCUT2D eigenvalue weighted by Gasteiger charge is 2.07. The second kappa shape index (κ2) is 8.08. The number of hydrogen-bond donors (Lipinski definition) is 2. The zero-order valence-corrected chi connectivity index (χ0v) is 14.8. The van der Waals surface area contributed by atoms with E-state index in [2.05, 4.69) is 36.4 Å². The lowest BCUT2D eigenvalue weighted by molar-refractivity contribution is 0.0955. The van der Waals surface area contributed by atoms with E-state index >= 15 is 0 Å². The molecule has 0 aliphatic carbocycles. The molecule has 0 radical (unpaired) electrons. The molecule has 10 nitrogen and oxygen atoms in total. The lowest BCUT2D eigenvalue weighted by atomic mass is 10.2. The number of aromatic nitrogens is 7. The molecule has 0 atom stereocenters. The first-order valence-electron chi connectivity index (χ1n) is 8.62. The number of carbonyl (C=O) groups excluding carboxylic acids is 1. The van der Waals surface area contributed by atoms with Gasteiger partial charge in [0.05, 0.1) is 5.69 Å². The first kappa shape index (κ1) is 17.3. The van der Waals surface area contributed by atoms with E-state index in [9.17, 15) is 4.79 Å². The van der Waals surface area contributed by atoms with Gasteiger partial charge in [-0.25, -0.2) is 4.68 Å². The molecule has 0 saturated carbocycles. The summed E-state index contributed by atoms with van der Waals surface area (Å²) in [5.74, 6) is 1.21. The van der Waals surface area contributed by atoms with Crippen LogP contribution in [-0.4, -0.2) is 54.0 Å². The van der Waals surface area contributed by atoms with Crippen LogP contribution in [-0.2, 0) is 0 Å². The van der Waals surface area contributed by atoms with E-state index in [0.717, 1.165) is 5.82 Å². The zero-order chi connectivity index (χ0) is 19.2. The second-order valence-corrected chi connectivity index (χ2v) is 5.85. The monoisotopic (exact) mass is 375 g/mol. The van der Waals surface area contributed by atoms with Gasteiger partial charge in [-0.1, -0.05) is 6.07 Å². The minimum absolute atomic E-state index is 0.175. The van der Waals surface area contributed by atoms with Gasteiger partial charge in [0.1, 0.15) is 12.1 Å². The summed E-state index contributed by atoms with van der Waals surface area (Å²) < 4.78 is 3.37. The molecule has 140 valence electrons. The summed E-state index contributed by atoms with van der Waals surface area (Å²) in [5, 5.41) is 25.3. The third-order valence-corrected chi connectivity index (χ3v) is 3.96. The van der Waals surface area contributed by atoms with Crippen molar-refractivity contribution in [1.82, 2.24) is 40.3 Å². The Morgan fingerprint density at radius 1 is 1.00 bits per heavy atom. The number of tetrazole rings is 1. The molecule has 0 bridgehead atoms. The fraction of sp³-hybridized carbons (Fsp3) is 0.111. The van der Waals surface area contributed by atoms with Crippen molar-refractivity contribution in [2.75, 3.05) is 18.4 Å². The number of nitrogens with zero attached hydrogens (tertiary/aromatic N) is 7. The van der Waals surface area contributed by atoms with Crippen LogP contribution in [0.15, 0.2) is 67.3 Å². The van der Waals surface area contributed by atoms with E-state index in [4.69, 9.17) is 0 Å². The van der Waals surface area contributed by atoms with Crippen LogP contribution in [0.1, 0.15) is 10.4 Å². The van der Waals surface area contributed by atoms with Crippen LogP contribution in [0.3, 0.4) is 0 Å². The van der Waals surface area contributed by atoms with Crippen LogP contribution in [0, 0.1) is 0 Å². The average molecular weight is 375 g/mol. The van der Waals surface area contributed by atoms with Gasteiger partial charge in [-0.15, -0.1) is 15.3 Å². The fourth-order valence-corrected chi connectivity index (χ4v) is 2.58. The third-order valence-electron chi connectivity index (χ3n) is 3.96. The molecule has 1 aromatic carbocycles. The lowest BCUT2D eigenvalue weighted by Gasteiger charge is -2.08. The van der Waals surface area contributed by atoms with Gasteiger partial charge in [-0.2, -0.15) is 0 Å². The van der Waals surface area contributed by atoms with E-state index in [1.807, 2.05) is 47.3 Å². The van der Waals surface area contributed by atoms with Gasteiger partial charge < -0.3 is 15.2 Å². The molecule has 28 heavy (non-hydrogen) atoms. The number of nitrogens with one attached hydrogen (secondary N) is 2. The molecule has 0 saturated heterocycles. The number of hydrogen-bond acceptors (Lipinski definition) is 7. The Bertz CT molecular complexity index is 1030. The molecule has 10 heteroatoms. The standard InChI is InChI=1S/C18H17N9O/c28-18(14-4-3-5-15(12-14)27-13-21-24-25-27)20-9-8-19-16-6-7-17(23-22-16)26-10-1-2-11-26/h1-7,10-13H,8-9H2,(H,19,22)(H,20,28). The molecule has 4 rings (SSSR count). The second-order valence-electron chi connectivity index (χ2n) is 5.85. The van der Waals surface area contributed by atoms with Crippen molar-refractivity contribution in [1.29, 1.82) is 0 Å². The lowest BCUT2D eigenvalue weighted by Crippen LogP contribution is -2.29. The van der Waals surface area contributed by atoms with E-state index < -0.39 is 0 Å². The van der Waals surface area contributed by atoms with Gasteiger partial charge in [0.25, 0.3) is 5.91 Å². The molecule has 0 unspecified atom stereocenters. The van der Waals surface area contributed by atoms with Gasteiger partial charge >= 0.3 is 0 Å². The van der Waals surface area contributed by atoms with Crippen molar-refractivity contribution >= 4 is 11.7 Å². The molecule has 0 aliphatic heterocycles. The summed E-state index contributed by atoms with van der Waals surface area (Å²) in [6.07, 6.45) is 5.28. The normalized spacial score (nSPS) is 10.6. The quantitative estimate of drug-likeness (QED) is 0.465. The molecule has 0 fully saturated rings. The number of rotatable bonds is 7. The fourth-order valence-electron chi connectivity index (χ4n) is 2.58. The minimum Gasteiger partial charge on any atom is -0.367 e.